The lowest BCUT2D eigenvalue weighted by Gasteiger charge is -2.06. The van der Waals surface area contributed by atoms with Crippen LogP contribution in [-0.4, -0.2) is 17.6 Å². The lowest BCUT2D eigenvalue weighted by atomic mass is 10.0. The first-order valence-corrected chi connectivity index (χ1v) is 4.56. The second-order valence-corrected chi connectivity index (χ2v) is 3.36. The number of hydrogen-bond acceptors (Lipinski definition) is 3. The largest absolute Gasteiger partial charge is 0.384 e. The van der Waals surface area contributed by atoms with Crippen molar-refractivity contribution in [3.8, 4) is 0 Å². The first-order valence-electron chi connectivity index (χ1n) is 4.56. The topological polar surface area (TPSA) is 38.7 Å². The summed E-state index contributed by atoms with van der Waals surface area (Å²) < 4.78 is 0. The number of oxime groups is 1. The molecule has 1 unspecified atom stereocenters. The van der Waals surface area contributed by atoms with Crippen molar-refractivity contribution in [2.75, 3.05) is 0 Å². The van der Waals surface area contributed by atoms with E-state index < -0.39 is 6.10 Å². The Kier molecular flexibility index (Phi) is 2.31. The Morgan fingerprint density at radius 2 is 2.14 bits per heavy atom. The fraction of sp³-hybridized carbons (Fsp3) is 0.273. The zero-order chi connectivity index (χ0) is 9.97. The summed E-state index contributed by atoms with van der Waals surface area (Å²) in [5.74, 6) is 0.00574. The van der Waals surface area contributed by atoms with Crippen LogP contribution in [0.25, 0.3) is 0 Å². The molecule has 0 bridgehead atoms. The van der Waals surface area contributed by atoms with Crippen LogP contribution in [0.5, 0.6) is 0 Å². The van der Waals surface area contributed by atoms with Crippen molar-refractivity contribution in [1.82, 2.24) is 0 Å². The number of carbonyl (C=O) groups is 1. The highest BCUT2D eigenvalue weighted by molar-refractivity contribution is 6.02. The van der Waals surface area contributed by atoms with Crippen LogP contribution in [0.4, 0.5) is 0 Å². The molecule has 0 aliphatic carbocycles. The van der Waals surface area contributed by atoms with Crippen LogP contribution in [-0.2, 0) is 4.84 Å². The number of hydrogen-bond donors (Lipinski definition) is 0. The van der Waals surface area contributed by atoms with Crippen molar-refractivity contribution in [3.05, 3.63) is 35.9 Å². The molecule has 2 rings (SSSR count). The molecule has 1 aromatic carbocycles. The second-order valence-electron chi connectivity index (χ2n) is 3.36. The molecule has 1 heterocycles. The van der Waals surface area contributed by atoms with Crippen LogP contribution in [0.3, 0.4) is 0 Å². The summed E-state index contributed by atoms with van der Waals surface area (Å²) in [6, 6.07) is 9.15. The summed E-state index contributed by atoms with van der Waals surface area (Å²) >= 11 is 0. The van der Waals surface area contributed by atoms with Crippen LogP contribution >= 0.6 is 0 Å². The minimum atomic E-state index is -0.419. The lowest BCUT2D eigenvalue weighted by Crippen LogP contribution is -2.20. The molecule has 1 atom stereocenters. The van der Waals surface area contributed by atoms with Crippen molar-refractivity contribution in [2.45, 2.75) is 19.4 Å². The van der Waals surface area contributed by atoms with Gasteiger partial charge in [-0.3, -0.25) is 4.79 Å². The fourth-order valence-electron chi connectivity index (χ4n) is 1.43. The van der Waals surface area contributed by atoms with Crippen molar-refractivity contribution in [1.29, 1.82) is 0 Å². The third-order valence-electron chi connectivity index (χ3n) is 2.17. The molecule has 0 spiro atoms. The maximum absolute atomic E-state index is 11.8. The number of nitrogens with zero attached hydrogens (tertiary/aromatic N) is 1. The standard InChI is InChI=1S/C11H11NO2/c1-8-7-10(14-12-8)11(13)9-5-3-2-4-6-9/h2-6,10H,7H2,1H3. The highest BCUT2D eigenvalue weighted by Crippen LogP contribution is 2.15. The number of rotatable bonds is 2. The molecule has 0 radical (unpaired) electrons. The third kappa shape index (κ3) is 1.66. The van der Waals surface area contributed by atoms with Gasteiger partial charge in [0, 0.05) is 12.0 Å². The number of carbonyl (C=O) groups excluding carboxylic acids is 1. The van der Waals surface area contributed by atoms with E-state index in [2.05, 4.69) is 5.16 Å². The molecule has 0 saturated heterocycles. The van der Waals surface area contributed by atoms with E-state index in [1.54, 1.807) is 12.1 Å². The SMILES string of the molecule is CC1=NOC(C(=O)c2ccccc2)C1. The molecule has 1 aliphatic heterocycles. The molecule has 1 aromatic rings. The van der Waals surface area contributed by atoms with E-state index in [0.29, 0.717) is 12.0 Å². The molecule has 0 saturated carbocycles. The van der Waals surface area contributed by atoms with E-state index in [9.17, 15) is 4.79 Å². The van der Waals surface area contributed by atoms with Gasteiger partial charge in [-0.2, -0.15) is 0 Å². The van der Waals surface area contributed by atoms with Crippen LogP contribution in [0.15, 0.2) is 35.5 Å². The molecular weight excluding hydrogens is 178 g/mol. The average Bonchev–Trinajstić information content (AvgIpc) is 2.65. The molecule has 1 aliphatic rings. The molecule has 0 amide bonds. The Hall–Kier alpha value is -1.64. The number of Topliss-reactive ketones (excluding diaryl/α,β-unsaturated/α-hetero) is 1. The monoisotopic (exact) mass is 189 g/mol. The van der Waals surface area contributed by atoms with Crippen LogP contribution in [0.2, 0.25) is 0 Å². The third-order valence-corrected chi connectivity index (χ3v) is 2.17. The second kappa shape index (κ2) is 3.62. The molecule has 0 fully saturated rings. The molecule has 14 heavy (non-hydrogen) atoms. The Morgan fingerprint density at radius 1 is 1.43 bits per heavy atom. The summed E-state index contributed by atoms with van der Waals surface area (Å²) in [5, 5.41) is 3.76. The fourth-order valence-corrected chi connectivity index (χ4v) is 1.43. The molecule has 0 N–H and O–H groups in total. The molecule has 72 valence electrons. The highest BCUT2D eigenvalue weighted by atomic mass is 16.6. The normalized spacial score (nSPS) is 20.1. The van der Waals surface area contributed by atoms with Crippen molar-refractivity contribution >= 4 is 11.5 Å². The van der Waals surface area contributed by atoms with E-state index in [-0.39, 0.29) is 5.78 Å². The Balaban J connectivity index is 2.11. The van der Waals surface area contributed by atoms with Gasteiger partial charge in [-0.15, -0.1) is 0 Å². The smallest absolute Gasteiger partial charge is 0.206 e. The predicted molar refractivity (Wildman–Crippen MR) is 53.4 cm³/mol. The van der Waals surface area contributed by atoms with E-state index in [1.165, 1.54) is 0 Å². The molecular formula is C11H11NO2. The highest BCUT2D eigenvalue weighted by Gasteiger charge is 2.26. The molecule has 0 aromatic heterocycles. The Bertz CT molecular complexity index is 370. The number of ketones is 1. The number of benzene rings is 1. The summed E-state index contributed by atoms with van der Waals surface area (Å²) in [5.41, 5.74) is 1.56. The van der Waals surface area contributed by atoms with E-state index in [0.717, 1.165) is 5.71 Å². The summed E-state index contributed by atoms with van der Waals surface area (Å²) in [6.07, 6.45) is 0.186. The maximum Gasteiger partial charge on any atom is 0.206 e. The van der Waals surface area contributed by atoms with E-state index in [1.807, 2.05) is 25.1 Å². The van der Waals surface area contributed by atoms with E-state index in [4.69, 9.17) is 4.84 Å². The minimum absolute atomic E-state index is 0.00574. The van der Waals surface area contributed by atoms with Crippen LogP contribution in [0.1, 0.15) is 23.7 Å². The maximum atomic E-state index is 11.8. The van der Waals surface area contributed by atoms with Gasteiger partial charge in [-0.25, -0.2) is 0 Å². The van der Waals surface area contributed by atoms with Crippen LogP contribution < -0.4 is 0 Å². The first kappa shape index (κ1) is 8.94. The van der Waals surface area contributed by atoms with Gasteiger partial charge in [0.25, 0.3) is 0 Å². The van der Waals surface area contributed by atoms with Gasteiger partial charge >= 0.3 is 0 Å². The predicted octanol–water partition coefficient (Wildman–Crippen LogP) is 2.03. The Labute approximate surface area is 82.4 Å². The first-order chi connectivity index (χ1) is 6.77. The Morgan fingerprint density at radius 3 is 2.71 bits per heavy atom. The summed E-state index contributed by atoms with van der Waals surface area (Å²) in [6.45, 7) is 1.86. The van der Waals surface area contributed by atoms with Gasteiger partial charge < -0.3 is 4.84 Å². The lowest BCUT2D eigenvalue weighted by molar-refractivity contribution is 0.0556. The van der Waals surface area contributed by atoms with Crippen LogP contribution in [0, 0.1) is 0 Å². The summed E-state index contributed by atoms with van der Waals surface area (Å²) in [4.78, 5) is 16.8. The molecule has 3 heteroatoms. The zero-order valence-electron chi connectivity index (χ0n) is 7.93. The van der Waals surface area contributed by atoms with Gasteiger partial charge in [0.1, 0.15) is 0 Å². The van der Waals surface area contributed by atoms with Gasteiger partial charge in [0.05, 0.1) is 5.71 Å². The average molecular weight is 189 g/mol. The van der Waals surface area contributed by atoms with Crippen molar-refractivity contribution in [3.63, 3.8) is 0 Å². The van der Waals surface area contributed by atoms with Crippen molar-refractivity contribution in [2.24, 2.45) is 5.16 Å². The minimum Gasteiger partial charge on any atom is -0.384 e. The molecule has 3 nitrogen and oxygen atoms in total. The van der Waals surface area contributed by atoms with Gasteiger partial charge in [0.2, 0.25) is 5.78 Å². The summed E-state index contributed by atoms with van der Waals surface area (Å²) in [7, 11) is 0. The van der Waals surface area contributed by atoms with Crippen molar-refractivity contribution < 1.29 is 9.63 Å². The van der Waals surface area contributed by atoms with Gasteiger partial charge in [-0.1, -0.05) is 35.5 Å². The van der Waals surface area contributed by atoms with E-state index >= 15 is 0 Å². The van der Waals surface area contributed by atoms with Gasteiger partial charge in [-0.05, 0) is 6.92 Å². The van der Waals surface area contributed by atoms with Gasteiger partial charge in [0.15, 0.2) is 6.10 Å². The quantitative estimate of drug-likeness (QED) is 0.668. The zero-order valence-corrected chi connectivity index (χ0v) is 7.93.